The Morgan fingerprint density at radius 1 is 1.22 bits per heavy atom. The number of hydrogen-bond donors (Lipinski definition) is 2. The molecule has 0 saturated heterocycles. The van der Waals surface area contributed by atoms with Crippen LogP contribution in [0.3, 0.4) is 0 Å². The van der Waals surface area contributed by atoms with Gasteiger partial charge in [0.15, 0.2) is 0 Å². The van der Waals surface area contributed by atoms with Gasteiger partial charge in [-0.1, -0.05) is 33.6 Å². The minimum absolute atomic E-state index is 0.260. The van der Waals surface area contributed by atoms with Crippen molar-refractivity contribution in [3.05, 3.63) is 57.3 Å². The average molecular weight is 330 g/mol. The second kappa shape index (κ2) is 5.59. The highest BCUT2D eigenvalue weighted by Crippen LogP contribution is 2.24. The highest BCUT2D eigenvalue weighted by molar-refractivity contribution is 9.10. The van der Waals surface area contributed by atoms with Gasteiger partial charge < -0.3 is 11.1 Å². The molecule has 0 spiro atoms. The normalized spacial score (nSPS) is 10.4. The van der Waals surface area contributed by atoms with Gasteiger partial charge in [0, 0.05) is 21.6 Å². The number of halogens is 3. The first-order chi connectivity index (χ1) is 8.56. The van der Waals surface area contributed by atoms with E-state index in [0.717, 1.165) is 10.2 Å². The van der Waals surface area contributed by atoms with Crippen molar-refractivity contribution in [1.82, 2.24) is 0 Å². The molecule has 0 saturated carbocycles. The van der Waals surface area contributed by atoms with Gasteiger partial charge in [-0.05, 0) is 30.3 Å². The van der Waals surface area contributed by atoms with E-state index in [1.54, 1.807) is 30.3 Å². The molecule has 0 aliphatic rings. The second-order valence-electron chi connectivity index (χ2n) is 3.82. The van der Waals surface area contributed by atoms with Crippen LogP contribution in [0.5, 0.6) is 0 Å². The summed E-state index contributed by atoms with van der Waals surface area (Å²) in [6.07, 6.45) is 0. The highest BCUT2D eigenvalue weighted by Gasteiger charge is 2.04. The first-order valence-electron chi connectivity index (χ1n) is 5.29. The zero-order valence-electron chi connectivity index (χ0n) is 9.38. The van der Waals surface area contributed by atoms with Crippen molar-refractivity contribution in [3.8, 4) is 0 Å². The Labute approximate surface area is 118 Å². The minimum atomic E-state index is -0.260. The first-order valence-corrected chi connectivity index (χ1v) is 6.46. The van der Waals surface area contributed by atoms with Gasteiger partial charge in [0.1, 0.15) is 5.82 Å². The third-order valence-electron chi connectivity index (χ3n) is 2.50. The van der Waals surface area contributed by atoms with Crippen LogP contribution in [0, 0.1) is 5.82 Å². The van der Waals surface area contributed by atoms with Crippen LogP contribution in [-0.4, -0.2) is 0 Å². The Kier molecular flexibility index (Phi) is 4.09. The van der Waals surface area contributed by atoms with Crippen molar-refractivity contribution in [3.63, 3.8) is 0 Å². The third-order valence-corrected chi connectivity index (χ3v) is 3.23. The van der Waals surface area contributed by atoms with Crippen molar-refractivity contribution >= 4 is 38.9 Å². The van der Waals surface area contributed by atoms with Gasteiger partial charge >= 0.3 is 0 Å². The van der Waals surface area contributed by atoms with Crippen LogP contribution in [0.1, 0.15) is 5.56 Å². The summed E-state index contributed by atoms with van der Waals surface area (Å²) in [5, 5.41) is 3.65. The van der Waals surface area contributed by atoms with Crippen molar-refractivity contribution in [2.24, 2.45) is 0 Å². The van der Waals surface area contributed by atoms with Crippen molar-refractivity contribution in [1.29, 1.82) is 0 Å². The molecule has 0 atom stereocenters. The summed E-state index contributed by atoms with van der Waals surface area (Å²) in [6.45, 7) is 0.366. The van der Waals surface area contributed by atoms with Crippen LogP contribution in [0.2, 0.25) is 5.02 Å². The third kappa shape index (κ3) is 3.15. The molecule has 0 heterocycles. The largest absolute Gasteiger partial charge is 0.397 e. The predicted octanol–water partition coefficient (Wildman–Crippen LogP) is 4.44. The van der Waals surface area contributed by atoms with E-state index < -0.39 is 0 Å². The van der Waals surface area contributed by atoms with Crippen molar-refractivity contribution < 1.29 is 4.39 Å². The van der Waals surface area contributed by atoms with Gasteiger partial charge in [-0.25, -0.2) is 4.39 Å². The van der Waals surface area contributed by atoms with Gasteiger partial charge in [0.25, 0.3) is 0 Å². The van der Waals surface area contributed by atoms with Crippen LogP contribution in [-0.2, 0) is 6.54 Å². The molecular weight excluding hydrogens is 319 g/mol. The van der Waals surface area contributed by atoms with Crippen molar-refractivity contribution in [2.75, 3.05) is 11.1 Å². The van der Waals surface area contributed by atoms with E-state index in [1.807, 2.05) is 0 Å². The molecule has 0 aliphatic carbocycles. The van der Waals surface area contributed by atoms with Gasteiger partial charge in [-0.15, -0.1) is 0 Å². The summed E-state index contributed by atoms with van der Waals surface area (Å²) in [5.74, 6) is -0.260. The summed E-state index contributed by atoms with van der Waals surface area (Å²) in [4.78, 5) is 0. The van der Waals surface area contributed by atoms with E-state index >= 15 is 0 Å². The van der Waals surface area contributed by atoms with Gasteiger partial charge in [0.05, 0.1) is 11.4 Å². The number of benzene rings is 2. The van der Waals surface area contributed by atoms with Crippen LogP contribution in [0.15, 0.2) is 40.9 Å². The number of anilines is 2. The van der Waals surface area contributed by atoms with E-state index in [0.29, 0.717) is 22.8 Å². The molecule has 0 aliphatic heterocycles. The summed E-state index contributed by atoms with van der Waals surface area (Å²) in [5.41, 5.74) is 7.66. The molecule has 2 nitrogen and oxygen atoms in total. The SMILES string of the molecule is Nc1cc(Cl)ccc1NCc1ccc(Br)cc1F. The molecule has 0 radical (unpaired) electrons. The zero-order chi connectivity index (χ0) is 13.1. The maximum atomic E-state index is 13.6. The standard InChI is InChI=1S/C13H11BrClFN2/c14-9-2-1-8(11(16)5-9)7-18-13-4-3-10(15)6-12(13)17/h1-6,18H,7,17H2. The van der Waals surface area contributed by atoms with E-state index in [4.69, 9.17) is 17.3 Å². The number of rotatable bonds is 3. The van der Waals surface area contributed by atoms with Crippen LogP contribution >= 0.6 is 27.5 Å². The lowest BCUT2D eigenvalue weighted by atomic mass is 10.2. The topological polar surface area (TPSA) is 38.0 Å². The molecule has 2 rings (SSSR count). The fraction of sp³-hybridized carbons (Fsp3) is 0.0769. The molecule has 0 amide bonds. The van der Waals surface area contributed by atoms with Gasteiger partial charge in [0.2, 0.25) is 0 Å². The Hall–Kier alpha value is -1.26. The van der Waals surface area contributed by atoms with E-state index in [9.17, 15) is 4.39 Å². The lowest BCUT2D eigenvalue weighted by Gasteiger charge is -2.10. The molecule has 0 unspecified atom stereocenters. The lowest BCUT2D eigenvalue weighted by molar-refractivity contribution is 0.612. The Morgan fingerprint density at radius 3 is 2.67 bits per heavy atom. The van der Waals surface area contributed by atoms with Gasteiger partial charge in [-0.2, -0.15) is 0 Å². The fourth-order valence-corrected chi connectivity index (χ4v) is 2.06. The van der Waals surface area contributed by atoms with E-state index in [-0.39, 0.29) is 5.82 Å². The number of hydrogen-bond acceptors (Lipinski definition) is 2. The molecule has 2 aromatic carbocycles. The van der Waals surface area contributed by atoms with Gasteiger partial charge in [-0.3, -0.25) is 0 Å². The summed E-state index contributed by atoms with van der Waals surface area (Å²) >= 11 is 9.02. The average Bonchev–Trinajstić information content (AvgIpc) is 2.30. The zero-order valence-corrected chi connectivity index (χ0v) is 11.7. The fourth-order valence-electron chi connectivity index (χ4n) is 1.55. The quantitative estimate of drug-likeness (QED) is 0.817. The maximum Gasteiger partial charge on any atom is 0.129 e. The maximum absolute atomic E-state index is 13.6. The monoisotopic (exact) mass is 328 g/mol. The van der Waals surface area contributed by atoms with Crippen LogP contribution in [0.4, 0.5) is 15.8 Å². The van der Waals surface area contributed by atoms with Crippen LogP contribution in [0.25, 0.3) is 0 Å². The molecule has 0 aromatic heterocycles. The first kappa shape index (κ1) is 13.2. The number of nitrogens with two attached hydrogens (primary N) is 1. The molecule has 0 bridgehead atoms. The molecule has 0 fully saturated rings. The Morgan fingerprint density at radius 2 is 2.00 bits per heavy atom. The second-order valence-corrected chi connectivity index (χ2v) is 5.17. The molecule has 2 aromatic rings. The minimum Gasteiger partial charge on any atom is -0.397 e. The predicted molar refractivity (Wildman–Crippen MR) is 77.3 cm³/mol. The Bertz CT molecular complexity index is 523. The molecule has 5 heteroatoms. The van der Waals surface area contributed by atoms with E-state index in [1.165, 1.54) is 6.07 Å². The van der Waals surface area contributed by atoms with Crippen molar-refractivity contribution in [2.45, 2.75) is 6.54 Å². The summed E-state index contributed by atoms with van der Waals surface area (Å²) < 4.78 is 14.3. The summed E-state index contributed by atoms with van der Waals surface area (Å²) in [6, 6.07) is 10.1. The molecular formula is C13H11BrClFN2. The Balaban J connectivity index is 2.11. The lowest BCUT2D eigenvalue weighted by Crippen LogP contribution is -2.04. The smallest absolute Gasteiger partial charge is 0.129 e. The highest BCUT2D eigenvalue weighted by atomic mass is 79.9. The van der Waals surface area contributed by atoms with Crippen LogP contribution < -0.4 is 11.1 Å². The number of nitrogen functional groups attached to an aromatic ring is 1. The molecule has 94 valence electrons. The molecule has 18 heavy (non-hydrogen) atoms. The number of nitrogens with one attached hydrogen (secondary N) is 1. The van der Waals surface area contributed by atoms with E-state index in [2.05, 4.69) is 21.2 Å². The summed E-state index contributed by atoms with van der Waals surface area (Å²) in [7, 11) is 0. The molecule has 3 N–H and O–H groups in total.